The van der Waals surface area contributed by atoms with Crippen molar-refractivity contribution in [3.05, 3.63) is 86.0 Å². The highest BCUT2D eigenvalue weighted by Crippen LogP contribution is 2.37. The lowest BCUT2D eigenvalue weighted by Gasteiger charge is -2.11. The maximum absolute atomic E-state index is 13.8. The maximum atomic E-state index is 13.8. The number of unbranched alkanes of at least 4 members (excludes halogenated alkanes) is 1. The van der Waals surface area contributed by atoms with Crippen LogP contribution < -0.4 is 10.1 Å². The van der Waals surface area contributed by atoms with Crippen LogP contribution in [0.4, 0.5) is 5.69 Å². The molecule has 4 aromatic rings. The molecule has 0 aliphatic carbocycles. The zero-order valence-corrected chi connectivity index (χ0v) is 23.4. The highest BCUT2D eigenvalue weighted by atomic mass is 79.9. The second-order valence-corrected chi connectivity index (χ2v) is 10.2. The van der Waals surface area contributed by atoms with E-state index >= 15 is 0 Å². The van der Waals surface area contributed by atoms with Gasteiger partial charge in [-0.2, -0.15) is 0 Å². The topological polar surface area (TPSA) is 126 Å². The number of phenolic OH excluding ortho intramolecular Hbond substituents is 1. The number of carbonyl (C=O) groups excluding carboxylic acids is 2. The van der Waals surface area contributed by atoms with Gasteiger partial charge in [-0.05, 0) is 92.9 Å². The number of aromatic hydroxyl groups is 1. The fourth-order valence-corrected chi connectivity index (χ4v) is 5.33. The fraction of sp³-hybridized carbons (Fsp3) is 0.179. The van der Waals surface area contributed by atoms with Crippen LogP contribution in [0.25, 0.3) is 11.0 Å². The van der Waals surface area contributed by atoms with E-state index in [-0.39, 0.29) is 23.2 Å². The molecule has 0 spiro atoms. The molecule has 0 radical (unpaired) electrons. The van der Waals surface area contributed by atoms with Gasteiger partial charge in [-0.15, -0.1) is 0 Å². The average molecular weight is 645 g/mol. The molecule has 8 nitrogen and oxygen atoms in total. The van der Waals surface area contributed by atoms with E-state index in [9.17, 15) is 19.5 Å². The van der Waals surface area contributed by atoms with Crippen molar-refractivity contribution >= 4 is 66.2 Å². The number of ether oxygens (including phenoxy) is 1. The number of phenols is 1. The molecule has 0 saturated heterocycles. The first-order valence-corrected chi connectivity index (χ1v) is 13.3. The molecule has 38 heavy (non-hydrogen) atoms. The van der Waals surface area contributed by atoms with Crippen LogP contribution in [0.3, 0.4) is 0 Å². The number of aliphatic carboxylic acids is 1. The summed E-state index contributed by atoms with van der Waals surface area (Å²) in [6.45, 7) is 1.52. The molecular formula is C28H23Br2NO7. The first-order chi connectivity index (χ1) is 18.2. The zero-order valence-electron chi connectivity index (χ0n) is 20.2. The molecule has 1 aromatic heterocycles. The van der Waals surface area contributed by atoms with Gasteiger partial charge in [0.2, 0.25) is 0 Å². The van der Waals surface area contributed by atoms with Crippen LogP contribution >= 0.6 is 31.9 Å². The van der Waals surface area contributed by atoms with E-state index in [1.165, 1.54) is 24.3 Å². The average Bonchev–Trinajstić information content (AvgIpc) is 3.24. The number of hydrogen-bond acceptors (Lipinski definition) is 6. The van der Waals surface area contributed by atoms with Crippen molar-refractivity contribution in [1.82, 2.24) is 0 Å². The Morgan fingerprint density at radius 3 is 2.29 bits per heavy atom. The lowest BCUT2D eigenvalue weighted by molar-refractivity contribution is -0.139. The number of hydrogen-bond donors (Lipinski definition) is 3. The van der Waals surface area contributed by atoms with E-state index < -0.39 is 12.6 Å². The van der Waals surface area contributed by atoms with E-state index in [1.54, 1.807) is 30.3 Å². The summed E-state index contributed by atoms with van der Waals surface area (Å²) in [7, 11) is 0. The molecule has 0 atom stereocenters. The number of anilines is 1. The van der Waals surface area contributed by atoms with Crippen molar-refractivity contribution < 1.29 is 33.8 Å². The van der Waals surface area contributed by atoms with Crippen LogP contribution in [0, 0.1) is 0 Å². The Labute approximate surface area is 234 Å². The standard InChI is InChI=1S/C28H23Br2NO7/c1-2-3-4-23-25(26(35)16-11-20(29)27(21(30)12-16)37-14-24(33)34)19-13-17(7-10-22(19)38-23)31-28(36)15-5-8-18(32)9-6-15/h5-13,32H,2-4,14H2,1H3,(H,31,36)(H,33,34). The summed E-state index contributed by atoms with van der Waals surface area (Å²) < 4.78 is 12.2. The summed E-state index contributed by atoms with van der Waals surface area (Å²) in [5.41, 5.74) is 2.10. The van der Waals surface area contributed by atoms with Gasteiger partial charge in [-0.1, -0.05) is 13.3 Å². The normalized spacial score (nSPS) is 10.9. The third-order valence-corrected chi connectivity index (χ3v) is 6.91. The Hall–Kier alpha value is -3.63. The van der Waals surface area contributed by atoms with Gasteiger partial charge in [0, 0.05) is 28.6 Å². The number of fused-ring (bicyclic) bond motifs is 1. The second kappa shape index (κ2) is 11.8. The Bertz CT molecular complexity index is 1500. The van der Waals surface area contributed by atoms with E-state index in [0.717, 1.165) is 12.8 Å². The Kier molecular flexibility index (Phi) is 8.53. The lowest BCUT2D eigenvalue weighted by atomic mass is 9.98. The van der Waals surface area contributed by atoms with E-state index in [4.69, 9.17) is 14.3 Å². The number of ketones is 1. The van der Waals surface area contributed by atoms with E-state index in [0.29, 0.717) is 54.5 Å². The van der Waals surface area contributed by atoms with E-state index in [1.807, 2.05) is 6.92 Å². The molecule has 4 rings (SSSR count). The van der Waals surface area contributed by atoms with Crippen LogP contribution in [0.15, 0.2) is 68.0 Å². The molecule has 0 aliphatic heterocycles. The summed E-state index contributed by atoms with van der Waals surface area (Å²) in [6, 6.07) is 14.1. The lowest BCUT2D eigenvalue weighted by Crippen LogP contribution is -2.11. The number of rotatable bonds is 10. The minimum Gasteiger partial charge on any atom is -0.508 e. The van der Waals surface area contributed by atoms with Gasteiger partial charge < -0.3 is 24.7 Å². The van der Waals surface area contributed by atoms with Crippen molar-refractivity contribution in [2.45, 2.75) is 26.2 Å². The van der Waals surface area contributed by atoms with Gasteiger partial charge in [0.05, 0.1) is 14.5 Å². The fourth-order valence-electron chi connectivity index (χ4n) is 3.91. The zero-order chi connectivity index (χ0) is 27.4. The summed E-state index contributed by atoms with van der Waals surface area (Å²) in [5.74, 6) is -0.898. The van der Waals surface area contributed by atoms with Crippen molar-refractivity contribution in [2.75, 3.05) is 11.9 Å². The second-order valence-electron chi connectivity index (χ2n) is 8.50. The highest BCUT2D eigenvalue weighted by Gasteiger charge is 2.24. The predicted octanol–water partition coefficient (Wildman–Crippen LogP) is 6.95. The molecule has 0 unspecified atom stereocenters. The van der Waals surface area contributed by atoms with Crippen LogP contribution in [0.2, 0.25) is 0 Å². The van der Waals surface area contributed by atoms with Crippen LogP contribution in [-0.2, 0) is 11.2 Å². The minimum absolute atomic E-state index is 0.0592. The smallest absolute Gasteiger partial charge is 0.341 e. The van der Waals surface area contributed by atoms with E-state index in [2.05, 4.69) is 37.2 Å². The summed E-state index contributed by atoms with van der Waals surface area (Å²) in [6.07, 6.45) is 2.29. The number of furan rings is 1. The molecule has 0 fully saturated rings. The van der Waals surface area contributed by atoms with Crippen LogP contribution in [0.1, 0.15) is 51.8 Å². The quantitative estimate of drug-likeness (QED) is 0.159. The minimum atomic E-state index is -1.12. The van der Waals surface area contributed by atoms with Crippen molar-refractivity contribution in [3.8, 4) is 11.5 Å². The summed E-state index contributed by atoms with van der Waals surface area (Å²) in [4.78, 5) is 37.4. The molecule has 3 aromatic carbocycles. The molecular weight excluding hydrogens is 622 g/mol. The highest BCUT2D eigenvalue weighted by molar-refractivity contribution is 9.11. The largest absolute Gasteiger partial charge is 0.508 e. The first kappa shape index (κ1) is 27.4. The predicted molar refractivity (Wildman–Crippen MR) is 149 cm³/mol. The van der Waals surface area contributed by atoms with Crippen molar-refractivity contribution in [3.63, 3.8) is 0 Å². The van der Waals surface area contributed by atoms with Gasteiger partial charge >= 0.3 is 5.97 Å². The SMILES string of the molecule is CCCCc1oc2ccc(NC(=O)c3ccc(O)cc3)cc2c1C(=O)c1cc(Br)c(OCC(=O)O)c(Br)c1. The number of aryl methyl sites for hydroxylation is 1. The van der Waals surface area contributed by atoms with Gasteiger partial charge in [0.1, 0.15) is 22.8 Å². The number of amides is 1. The Balaban J connectivity index is 1.72. The third-order valence-electron chi connectivity index (χ3n) is 5.73. The van der Waals surface area contributed by atoms with Crippen molar-refractivity contribution in [1.29, 1.82) is 0 Å². The third kappa shape index (κ3) is 6.08. The number of carboxylic acids is 1. The molecule has 0 aliphatic rings. The summed E-state index contributed by atoms with van der Waals surface area (Å²) in [5, 5.41) is 21.8. The molecule has 0 bridgehead atoms. The van der Waals surface area contributed by atoms with Gasteiger partial charge in [0.15, 0.2) is 12.4 Å². The van der Waals surface area contributed by atoms with Gasteiger partial charge in [-0.3, -0.25) is 9.59 Å². The maximum Gasteiger partial charge on any atom is 0.341 e. The van der Waals surface area contributed by atoms with Gasteiger partial charge in [0.25, 0.3) is 5.91 Å². The molecule has 0 saturated carbocycles. The van der Waals surface area contributed by atoms with Gasteiger partial charge in [-0.25, -0.2) is 4.79 Å². The van der Waals surface area contributed by atoms with Crippen LogP contribution in [0.5, 0.6) is 11.5 Å². The number of halogens is 2. The van der Waals surface area contributed by atoms with Crippen molar-refractivity contribution in [2.24, 2.45) is 0 Å². The first-order valence-electron chi connectivity index (χ1n) is 11.7. The number of carbonyl (C=O) groups is 3. The molecule has 196 valence electrons. The van der Waals surface area contributed by atoms with Crippen LogP contribution in [-0.4, -0.2) is 34.5 Å². The number of nitrogens with one attached hydrogen (secondary N) is 1. The molecule has 3 N–H and O–H groups in total. The Morgan fingerprint density at radius 1 is 0.974 bits per heavy atom. The molecule has 1 amide bonds. The Morgan fingerprint density at radius 2 is 1.66 bits per heavy atom. The summed E-state index contributed by atoms with van der Waals surface area (Å²) >= 11 is 6.74. The monoisotopic (exact) mass is 643 g/mol. The number of benzene rings is 3. The molecule has 1 heterocycles. The number of carboxylic acid groups (broad SMARTS) is 1. The molecule has 10 heteroatoms.